The molecule has 0 bridgehead atoms. The van der Waals surface area contributed by atoms with Gasteiger partial charge in [0.2, 0.25) is 0 Å². The summed E-state index contributed by atoms with van der Waals surface area (Å²) >= 11 is 11.5. The molecule has 1 aromatic carbocycles. The quantitative estimate of drug-likeness (QED) is 0.790. The van der Waals surface area contributed by atoms with Crippen LogP contribution in [0.1, 0.15) is 22.2 Å². The molecule has 0 saturated heterocycles. The monoisotopic (exact) mass is 328 g/mol. The van der Waals surface area contributed by atoms with Gasteiger partial charge in [-0.05, 0) is 23.8 Å². The lowest BCUT2D eigenvalue weighted by molar-refractivity contribution is 0.0912. The number of methoxy groups -OCH3 is 1. The van der Waals surface area contributed by atoms with Crippen molar-refractivity contribution >= 4 is 29.1 Å². The van der Waals surface area contributed by atoms with Gasteiger partial charge in [0.05, 0.1) is 18.2 Å². The van der Waals surface area contributed by atoms with Crippen LogP contribution in [0, 0.1) is 0 Å². The Morgan fingerprint density at radius 2 is 2.05 bits per heavy atom. The number of benzene rings is 1. The number of carbonyl (C=O) groups excluding carboxylic acids is 1. The number of aromatic amines is 1. The summed E-state index contributed by atoms with van der Waals surface area (Å²) in [5, 5.41) is 13.1. The molecular formula is C14H14Cl2N2O3. The van der Waals surface area contributed by atoms with Crippen LogP contribution in [0.4, 0.5) is 0 Å². The minimum atomic E-state index is -0.819. The molecule has 1 aromatic heterocycles. The van der Waals surface area contributed by atoms with Crippen LogP contribution in [0.5, 0.6) is 5.75 Å². The Balaban J connectivity index is 1.93. The molecule has 0 saturated carbocycles. The first-order valence-electron chi connectivity index (χ1n) is 6.15. The maximum Gasteiger partial charge on any atom is 0.267 e. The number of carbonyl (C=O) groups is 1. The lowest BCUT2D eigenvalue weighted by atomic mass is 10.1. The highest BCUT2D eigenvalue weighted by molar-refractivity contribution is 6.41. The number of hydrogen-bond donors (Lipinski definition) is 3. The molecule has 7 heteroatoms. The van der Waals surface area contributed by atoms with Gasteiger partial charge in [0.15, 0.2) is 0 Å². The highest BCUT2D eigenvalue weighted by Gasteiger charge is 2.14. The first-order chi connectivity index (χ1) is 10.0. The molecule has 1 amide bonds. The van der Waals surface area contributed by atoms with Crippen LogP contribution in [0.15, 0.2) is 30.3 Å². The minimum Gasteiger partial charge on any atom is -0.497 e. The molecular weight excluding hydrogens is 315 g/mol. The number of H-pyrrole nitrogens is 1. The standard InChI is InChI=1S/C14H14Cl2N2O3/c1-21-9-4-2-8(3-5-9)12(19)7-17-14(20)11-6-10(15)13(16)18-11/h2-6,12,18-19H,7H2,1H3,(H,17,20). The van der Waals surface area contributed by atoms with Gasteiger partial charge in [0, 0.05) is 6.54 Å². The fourth-order valence-corrected chi connectivity index (χ4v) is 2.07. The number of aliphatic hydroxyl groups is 1. The van der Waals surface area contributed by atoms with Gasteiger partial charge in [-0.2, -0.15) is 0 Å². The van der Waals surface area contributed by atoms with Crippen LogP contribution >= 0.6 is 23.2 Å². The molecule has 112 valence electrons. The maximum atomic E-state index is 11.9. The highest BCUT2D eigenvalue weighted by atomic mass is 35.5. The van der Waals surface area contributed by atoms with Crippen molar-refractivity contribution < 1.29 is 14.6 Å². The molecule has 2 aromatic rings. The van der Waals surface area contributed by atoms with Crippen molar-refractivity contribution in [2.45, 2.75) is 6.10 Å². The van der Waals surface area contributed by atoms with Crippen molar-refractivity contribution in [1.29, 1.82) is 0 Å². The SMILES string of the molecule is COc1ccc(C(O)CNC(=O)c2cc(Cl)c(Cl)[nH]2)cc1. The second-order valence-corrected chi connectivity index (χ2v) is 5.13. The summed E-state index contributed by atoms with van der Waals surface area (Å²) in [6.45, 7) is 0.0689. The highest BCUT2D eigenvalue weighted by Crippen LogP contribution is 2.22. The van der Waals surface area contributed by atoms with E-state index < -0.39 is 12.0 Å². The predicted molar refractivity (Wildman–Crippen MR) is 81.1 cm³/mol. The average molecular weight is 329 g/mol. The number of hydrogen-bond acceptors (Lipinski definition) is 3. The molecule has 1 heterocycles. The van der Waals surface area contributed by atoms with E-state index in [1.54, 1.807) is 31.4 Å². The zero-order valence-corrected chi connectivity index (χ0v) is 12.7. The molecule has 5 nitrogen and oxygen atoms in total. The lowest BCUT2D eigenvalue weighted by Crippen LogP contribution is -2.28. The van der Waals surface area contributed by atoms with Crippen LogP contribution < -0.4 is 10.1 Å². The van der Waals surface area contributed by atoms with Gasteiger partial charge in [-0.15, -0.1) is 0 Å². The second kappa shape index (κ2) is 6.85. The van der Waals surface area contributed by atoms with Crippen molar-refractivity contribution in [3.63, 3.8) is 0 Å². The zero-order chi connectivity index (χ0) is 15.4. The van der Waals surface area contributed by atoms with Crippen LogP contribution in [-0.4, -0.2) is 29.7 Å². The van der Waals surface area contributed by atoms with Gasteiger partial charge in [-0.3, -0.25) is 4.79 Å². The van der Waals surface area contributed by atoms with E-state index in [0.29, 0.717) is 11.3 Å². The molecule has 1 atom stereocenters. The van der Waals surface area contributed by atoms with Gasteiger partial charge in [-0.25, -0.2) is 0 Å². The molecule has 0 aliphatic rings. The van der Waals surface area contributed by atoms with E-state index in [0.717, 1.165) is 0 Å². The summed E-state index contributed by atoms with van der Waals surface area (Å²) in [6, 6.07) is 8.38. The molecule has 0 radical (unpaired) electrons. The molecule has 0 spiro atoms. The van der Waals surface area contributed by atoms with Crippen molar-refractivity contribution in [1.82, 2.24) is 10.3 Å². The van der Waals surface area contributed by atoms with E-state index >= 15 is 0 Å². The lowest BCUT2D eigenvalue weighted by Gasteiger charge is -2.12. The summed E-state index contributed by atoms with van der Waals surface area (Å²) in [5.41, 5.74) is 0.922. The van der Waals surface area contributed by atoms with Gasteiger partial charge in [0.25, 0.3) is 5.91 Å². The van der Waals surface area contributed by atoms with E-state index in [1.807, 2.05) is 0 Å². The second-order valence-electron chi connectivity index (χ2n) is 4.34. The summed E-state index contributed by atoms with van der Waals surface area (Å²) < 4.78 is 5.04. The van der Waals surface area contributed by atoms with Crippen LogP contribution in [0.25, 0.3) is 0 Å². The molecule has 2 rings (SSSR count). The number of aliphatic hydroxyl groups excluding tert-OH is 1. The van der Waals surface area contributed by atoms with E-state index in [2.05, 4.69) is 10.3 Å². The van der Waals surface area contributed by atoms with Crippen molar-refractivity contribution in [3.8, 4) is 5.75 Å². The first kappa shape index (κ1) is 15.7. The van der Waals surface area contributed by atoms with E-state index in [4.69, 9.17) is 27.9 Å². The van der Waals surface area contributed by atoms with E-state index in [9.17, 15) is 9.90 Å². The normalized spacial score (nSPS) is 12.0. The zero-order valence-electron chi connectivity index (χ0n) is 11.2. The summed E-state index contributed by atoms with van der Waals surface area (Å²) in [7, 11) is 1.57. The van der Waals surface area contributed by atoms with Crippen LogP contribution in [0.3, 0.4) is 0 Å². The average Bonchev–Trinajstić information content (AvgIpc) is 2.84. The molecule has 3 N–H and O–H groups in total. The summed E-state index contributed by atoms with van der Waals surface area (Å²) in [6.07, 6.45) is -0.819. The van der Waals surface area contributed by atoms with Crippen LogP contribution in [-0.2, 0) is 0 Å². The van der Waals surface area contributed by atoms with Crippen molar-refractivity contribution in [3.05, 3.63) is 51.8 Å². The van der Waals surface area contributed by atoms with E-state index in [-0.39, 0.29) is 22.4 Å². The molecule has 0 aliphatic heterocycles. The first-order valence-corrected chi connectivity index (χ1v) is 6.91. The van der Waals surface area contributed by atoms with Gasteiger partial charge in [0.1, 0.15) is 16.6 Å². The molecule has 21 heavy (non-hydrogen) atoms. The third-order valence-corrected chi connectivity index (χ3v) is 3.62. The van der Waals surface area contributed by atoms with Gasteiger partial charge < -0.3 is 20.1 Å². The molecule has 0 fully saturated rings. The maximum absolute atomic E-state index is 11.9. The number of rotatable bonds is 5. The molecule has 0 aliphatic carbocycles. The third-order valence-electron chi connectivity index (χ3n) is 2.93. The third kappa shape index (κ3) is 3.91. The Morgan fingerprint density at radius 1 is 1.38 bits per heavy atom. The Bertz CT molecular complexity index is 606. The number of ether oxygens (including phenoxy) is 1. The predicted octanol–water partition coefficient (Wildman–Crippen LogP) is 2.79. The van der Waals surface area contributed by atoms with Gasteiger partial charge in [-0.1, -0.05) is 35.3 Å². The largest absolute Gasteiger partial charge is 0.497 e. The number of halogens is 2. The Kier molecular flexibility index (Phi) is 5.12. The number of aromatic nitrogens is 1. The topological polar surface area (TPSA) is 74.3 Å². The Morgan fingerprint density at radius 3 is 2.57 bits per heavy atom. The van der Waals surface area contributed by atoms with E-state index in [1.165, 1.54) is 6.07 Å². The van der Waals surface area contributed by atoms with Gasteiger partial charge >= 0.3 is 0 Å². The summed E-state index contributed by atoms with van der Waals surface area (Å²) in [5.74, 6) is 0.307. The fourth-order valence-electron chi connectivity index (χ4n) is 1.75. The summed E-state index contributed by atoms with van der Waals surface area (Å²) in [4.78, 5) is 14.5. The van der Waals surface area contributed by atoms with Crippen LogP contribution in [0.2, 0.25) is 10.2 Å². The Hall–Kier alpha value is -1.69. The molecule has 1 unspecified atom stereocenters. The minimum absolute atomic E-state index is 0.0689. The fraction of sp³-hybridized carbons (Fsp3) is 0.214. The van der Waals surface area contributed by atoms with Crippen molar-refractivity contribution in [2.75, 3.05) is 13.7 Å². The smallest absolute Gasteiger partial charge is 0.267 e. The Labute approximate surface area is 131 Å². The number of nitrogens with one attached hydrogen (secondary N) is 2. The van der Waals surface area contributed by atoms with Crippen molar-refractivity contribution in [2.24, 2.45) is 0 Å². The number of amides is 1.